The van der Waals surface area contributed by atoms with E-state index in [1.54, 1.807) is 24.3 Å². The molecule has 2 aromatic carbocycles. The number of carbonyl (C=O) groups excluding carboxylic acids is 2. The minimum Gasteiger partial charge on any atom is -0.410 e. The third-order valence-corrected chi connectivity index (χ3v) is 5.81. The molecule has 1 saturated heterocycles. The summed E-state index contributed by atoms with van der Waals surface area (Å²) in [5.74, 6) is 0.179. The number of thiocarbonyl (C=S) groups is 1. The van der Waals surface area contributed by atoms with Gasteiger partial charge in [-0.1, -0.05) is 72.5 Å². The van der Waals surface area contributed by atoms with Crippen LogP contribution in [-0.2, 0) is 11.3 Å². The normalized spacial score (nSPS) is 18.9. The van der Waals surface area contributed by atoms with Gasteiger partial charge in [-0.15, -0.1) is 0 Å². The van der Waals surface area contributed by atoms with Crippen LogP contribution in [0.15, 0.2) is 60.7 Å². The Morgan fingerprint density at radius 1 is 1.15 bits per heavy atom. The number of hydrogen-bond acceptors (Lipinski definition) is 5. The van der Waals surface area contributed by atoms with Crippen LogP contribution in [0.25, 0.3) is 0 Å². The molecule has 1 N–H and O–H groups in total. The summed E-state index contributed by atoms with van der Waals surface area (Å²) in [6.45, 7) is 4.14. The zero-order chi connectivity index (χ0) is 19.4. The Morgan fingerprint density at radius 3 is 2.37 bits per heavy atom. The Morgan fingerprint density at radius 2 is 1.74 bits per heavy atom. The first-order valence-corrected chi connectivity index (χ1v) is 9.71. The Bertz CT molecular complexity index is 841. The lowest BCUT2D eigenvalue weighted by Gasteiger charge is -2.42. The summed E-state index contributed by atoms with van der Waals surface area (Å²) in [5.41, 5.74) is 0.971. The van der Waals surface area contributed by atoms with Crippen molar-refractivity contribution in [3.05, 3.63) is 66.2 Å². The molecule has 1 atom stereocenters. The minimum atomic E-state index is -0.755. The van der Waals surface area contributed by atoms with Crippen molar-refractivity contribution in [3.63, 3.8) is 0 Å². The number of carbonyl (C=O) groups is 2. The molecule has 3 rings (SSSR count). The van der Waals surface area contributed by atoms with Gasteiger partial charge in [-0.25, -0.2) is 4.79 Å². The average Bonchev–Trinajstić information content (AvgIpc) is 2.64. The highest BCUT2D eigenvalue weighted by Gasteiger charge is 2.46. The first-order chi connectivity index (χ1) is 12.9. The Hall–Kier alpha value is -2.38. The summed E-state index contributed by atoms with van der Waals surface area (Å²) < 4.78 is 5.19. The zero-order valence-electron chi connectivity index (χ0n) is 15.0. The molecule has 140 valence electrons. The lowest BCUT2D eigenvalue weighted by Crippen LogP contribution is -2.62. The Labute approximate surface area is 168 Å². The van der Waals surface area contributed by atoms with Crippen LogP contribution in [0.5, 0.6) is 5.75 Å². The molecule has 0 aliphatic carbocycles. The predicted octanol–water partition coefficient (Wildman–Crippen LogP) is 3.98. The monoisotopic (exact) mass is 400 g/mol. The van der Waals surface area contributed by atoms with Gasteiger partial charge in [0.2, 0.25) is 0 Å². The first kappa shape index (κ1) is 19.4. The van der Waals surface area contributed by atoms with Crippen molar-refractivity contribution in [2.75, 3.05) is 0 Å². The van der Waals surface area contributed by atoms with Crippen molar-refractivity contribution < 1.29 is 14.3 Å². The highest BCUT2D eigenvalue weighted by atomic mass is 32.2. The number of amides is 2. The van der Waals surface area contributed by atoms with Crippen LogP contribution in [0, 0.1) is 0 Å². The van der Waals surface area contributed by atoms with E-state index in [9.17, 15) is 9.59 Å². The van der Waals surface area contributed by atoms with Gasteiger partial charge in [0, 0.05) is 4.75 Å². The van der Waals surface area contributed by atoms with Crippen molar-refractivity contribution in [3.8, 4) is 5.75 Å². The maximum absolute atomic E-state index is 13.1. The van der Waals surface area contributed by atoms with Crippen LogP contribution in [0.2, 0.25) is 0 Å². The Balaban J connectivity index is 1.74. The van der Waals surface area contributed by atoms with E-state index < -0.39 is 16.9 Å². The smallest absolute Gasteiger partial charge is 0.410 e. The fourth-order valence-corrected chi connectivity index (χ4v) is 4.56. The number of nitrogens with zero attached hydrogens (tertiary/aromatic N) is 1. The molecule has 2 amide bonds. The van der Waals surface area contributed by atoms with Crippen LogP contribution < -0.4 is 10.1 Å². The third-order valence-electron chi connectivity index (χ3n) is 4.18. The second-order valence-corrected chi connectivity index (χ2v) is 8.95. The summed E-state index contributed by atoms with van der Waals surface area (Å²) in [6, 6.07) is 17.6. The second-order valence-electron chi connectivity index (χ2n) is 6.66. The minimum absolute atomic E-state index is 0.238. The van der Waals surface area contributed by atoms with Gasteiger partial charge in [-0.3, -0.25) is 9.69 Å². The SMILES string of the molecule is CC1(C)SC(=S)N(Cc2ccccc2)C(=O)C1NC(=O)Oc1ccccc1. The van der Waals surface area contributed by atoms with Crippen LogP contribution in [0.1, 0.15) is 19.4 Å². The number of nitrogens with one attached hydrogen (secondary N) is 1. The molecular formula is C20H20N2O3S2. The number of thioether (sulfide) groups is 1. The number of ether oxygens (including phenoxy) is 1. The largest absolute Gasteiger partial charge is 0.413 e. The molecule has 1 aliphatic heterocycles. The van der Waals surface area contributed by atoms with E-state index >= 15 is 0 Å². The molecule has 0 spiro atoms. The number of benzene rings is 2. The maximum Gasteiger partial charge on any atom is 0.413 e. The van der Waals surface area contributed by atoms with Crippen LogP contribution in [0.3, 0.4) is 0 Å². The van der Waals surface area contributed by atoms with Crippen molar-refractivity contribution in [1.82, 2.24) is 10.2 Å². The first-order valence-electron chi connectivity index (χ1n) is 8.48. The standard InChI is InChI=1S/C20H20N2O3S2/c1-20(2)16(21-18(24)25-15-11-7-4-8-12-15)17(23)22(19(26)27-20)13-14-9-5-3-6-10-14/h3-12,16H,13H2,1-2H3,(H,21,24). The van der Waals surface area contributed by atoms with Crippen molar-refractivity contribution in [2.45, 2.75) is 31.2 Å². The summed E-state index contributed by atoms with van der Waals surface area (Å²) in [5, 5.41) is 2.71. The highest BCUT2D eigenvalue weighted by Crippen LogP contribution is 2.37. The lowest BCUT2D eigenvalue weighted by molar-refractivity contribution is -0.130. The second kappa shape index (κ2) is 8.10. The molecule has 0 bridgehead atoms. The lowest BCUT2D eigenvalue weighted by atomic mass is 10.0. The quantitative estimate of drug-likeness (QED) is 0.787. The molecular weight excluding hydrogens is 380 g/mol. The molecule has 5 nitrogen and oxygen atoms in total. The van der Waals surface area contributed by atoms with Crippen molar-refractivity contribution in [1.29, 1.82) is 0 Å². The van der Waals surface area contributed by atoms with Crippen molar-refractivity contribution >= 4 is 40.3 Å². The molecule has 0 aromatic heterocycles. The zero-order valence-corrected chi connectivity index (χ0v) is 16.7. The van der Waals surface area contributed by atoms with Gasteiger partial charge < -0.3 is 10.1 Å². The van der Waals surface area contributed by atoms with Gasteiger partial charge in [-0.05, 0) is 31.5 Å². The molecule has 2 aromatic rings. The van der Waals surface area contributed by atoms with E-state index in [-0.39, 0.29) is 5.91 Å². The van der Waals surface area contributed by atoms with Crippen molar-refractivity contribution in [2.24, 2.45) is 0 Å². The summed E-state index contributed by atoms with van der Waals surface area (Å²) in [6.07, 6.45) is -0.666. The van der Waals surface area contributed by atoms with Gasteiger partial charge in [0.05, 0.1) is 6.54 Å². The molecule has 1 unspecified atom stereocenters. The number of para-hydroxylation sites is 1. The predicted molar refractivity (Wildman–Crippen MR) is 111 cm³/mol. The molecule has 7 heteroatoms. The summed E-state index contributed by atoms with van der Waals surface area (Å²) >= 11 is 6.85. The van der Waals surface area contributed by atoms with E-state index in [1.165, 1.54) is 16.7 Å². The number of rotatable bonds is 4. The maximum atomic E-state index is 13.1. The van der Waals surface area contributed by atoms with E-state index in [2.05, 4.69) is 5.32 Å². The highest BCUT2D eigenvalue weighted by molar-refractivity contribution is 8.24. The third kappa shape index (κ3) is 4.67. The topological polar surface area (TPSA) is 58.6 Å². The summed E-state index contributed by atoms with van der Waals surface area (Å²) in [7, 11) is 0. The fraction of sp³-hybridized carbons (Fsp3) is 0.250. The van der Waals surface area contributed by atoms with Crippen LogP contribution >= 0.6 is 24.0 Å². The van der Waals surface area contributed by atoms with Crippen LogP contribution in [-0.4, -0.2) is 32.0 Å². The van der Waals surface area contributed by atoms with Gasteiger partial charge in [-0.2, -0.15) is 0 Å². The van der Waals surface area contributed by atoms with Gasteiger partial charge in [0.15, 0.2) is 0 Å². The molecule has 0 radical (unpaired) electrons. The van der Waals surface area contributed by atoms with Gasteiger partial charge in [0.25, 0.3) is 5.91 Å². The Kier molecular flexibility index (Phi) is 5.82. The number of hydrogen-bond donors (Lipinski definition) is 1. The fourth-order valence-electron chi connectivity index (χ4n) is 2.77. The van der Waals surface area contributed by atoms with Gasteiger partial charge in [0.1, 0.15) is 16.1 Å². The van der Waals surface area contributed by atoms with E-state index in [0.29, 0.717) is 16.6 Å². The average molecular weight is 401 g/mol. The van der Waals surface area contributed by atoms with Crippen LogP contribution in [0.4, 0.5) is 4.79 Å². The van der Waals surface area contributed by atoms with E-state index in [1.807, 2.05) is 50.2 Å². The molecule has 1 heterocycles. The molecule has 0 saturated carbocycles. The molecule has 1 aliphatic rings. The van der Waals surface area contributed by atoms with Gasteiger partial charge >= 0.3 is 6.09 Å². The molecule has 27 heavy (non-hydrogen) atoms. The summed E-state index contributed by atoms with van der Waals surface area (Å²) in [4.78, 5) is 26.9. The van der Waals surface area contributed by atoms with E-state index in [0.717, 1.165) is 5.56 Å². The van der Waals surface area contributed by atoms with E-state index in [4.69, 9.17) is 17.0 Å². The molecule has 1 fully saturated rings.